The van der Waals surface area contributed by atoms with Gasteiger partial charge in [-0.05, 0) is 0 Å². The van der Waals surface area contributed by atoms with E-state index in [9.17, 15) is 0 Å². The minimum absolute atomic E-state index is 0.313. The first kappa shape index (κ1) is 15.9. The van der Waals surface area contributed by atoms with Gasteiger partial charge in [-0.2, -0.15) is 0 Å². The van der Waals surface area contributed by atoms with Crippen LogP contribution in [0.4, 0.5) is 0 Å². The molecule has 0 atom stereocenters. The number of benzene rings is 3. The van der Waals surface area contributed by atoms with E-state index in [1.807, 2.05) is 12.3 Å². The van der Waals surface area contributed by atoms with Crippen LogP contribution in [-0.4, -0.2) is 41.6 Å². The second-order valence-corrected chi connectivity index (χ2v) is 11.3. The van der Waals surface area contributed by atoms with Crippen LogP contribution in [0, 0.1) is 0 Å². The molecule has 0 radical (unpaired) electrons. The number of pyridine rings is 1. The second kappa shape index (κ2) is 6.22. The fraction of sp³-hybridized carbons (Fsp3) is 0. The van der Waals surface area contributed by atoms with Crippen molar-refractivity contribution in [2.45, 2.75) is 0 Å². The van der Waals surface area contributed by atoms with Gasteiger partial charge in [0, 0.05) is 0 Å². The first-order valence-electron chi connectivity index (χ1n) is 9.02. The SMILES string of the molecule is c1ccc(-c2ccc3c4c2[Se]c2ccccc2B4c2ccccc2[Se]3)nc1. The maximum atomic E-state index is 4.67. The van der Waals surface area contributed by atoms with Crippen molar-refractivity contribution in [2.24, 2.45) is 0 Å². The van der Waals surface area contributed by atoms with Gasteiger partial charge in [-0.25, -0.2) is 0 Å². The summed E-state index contributed by atoms with van der Waals surface area (Å²) in [5, 5.41) is 0. The van der Waals surface area contributed by atoms with Crippen LogP contribution in [0.25, 0.3) is 11.3 Å². The Morgan fingerprint density at radius 2 is 1.33 bits per heavy atom. The predicted octanol–water partition coefficient (Wildman–Crippen LogP) is -0.798. The van der Waals surface area contributed by atoms with Crippen LogP contribution in [0.1, 0.15) is 0 Å². The molecule has 0 aliphatic carbocycles. The Labute approximate surface area is 171 Å². The fourth-order valence-corrected chi connectivity index (χ4v) is 9.56. The van der Waals surface area contributed by atoms with Crippen LogP contribution in [0.15, 0.2) is 85.1 Å². The molecular formula is C23H14BNSe2. The first-order chi connectivity index (χ1) is 13.4. The van der Waals surface area contributed by atoms with Crippen molar-refractivity contribution < 1.29 is 0 Å². The zero-order valence-corrected chi connectivity index (χ0v) is 17.9. The Morgan fingerprint density at radius 1 is 0.630 bits per heavy atom. The summed E-state index contributed by atoms with van der Waals surface area (Å²) in [4.78, 5) is 4.67. The molecule has 0 saturated heterocycles. The second-order valence-electron chi connectivity index (χ2n) is 6.78. The van der Waals surface area contributed by atoms with Gasteiger partial charge in [-0.3, -0.25) is 0 Å². The van der Waals surface area contributed by atoms with E-state index in [0.29, 0.717) is 36.6 Å². The number of fused-ring (bicyclic) bond motifs is 4. The molecule has 0 bridgehead atoms. The molecule has 3 aromatic carbocycles. The van der Waals surface area contributed by atoms with E-state index in [2.05, 4.69) is 77.8 Å². The molecule has 27 heavy (non-hydrogen) atoms. The van der Waals surface area contributed by atoms with E-state index in [-0.39, 0.29) is 0 Å². The van der Waals surface area contributed by atoms with E-state index in [1.165, 1.54) is 25.4 Å². The summed E-state index contributed by atoms with van der Waals surface area (Å²) < 4.78 is 6.14. The van der Waals surface area contributed by atoms with Crippen molar-refractivity contribution in [3.8, 4) is 11.3 Å². The third-order valence-electron chi connectivity index (χ3n) is 5.28. The molecule has 0 N–H and O–H groups in total. The average Bonchev–Trinajstić information content (AvgIpc) is 2.74. The van der Waals surface area contributed by atoms with Crippen LogP contribution < -0.4 is 34.2 Å². The maximum absolute atomic E-state index is 4.67. The van der Waals surface area contributed by atoms with Gasteiger partial charge < -0.3 is 0 Å². The van der Waals surface area contributed by atoms with Crippen LogP contribution in [0.5, 0.6) is 0 Å². The number of rotatable bonds is 1. The molecule has 0 spiro atoms. The van der Waals surface area contributed by atoms with Crippen LogP contribution in [-0.2, 0) is 0 Å². The van der Waals surface area contributed by atoms with E-state index in [0.717, 1.165) is 5.69 Å². The van der Waals surface area contributed by atoms with E-state index >= 15 is 0 Å². The van der Waals surface area contributed by atoms with Gasteiger partial charge in [0.05, 0.1) is 0 Å². The van der Waals surface area contributed by atoms with Crippen LogP contribution >= 0.6 is 0 Å². The van der Waals surface area contributed by atoms with Gasteiger partial charge in [0.2, 0.25) is 0 Å². The minimum atomic E-state index is 0.313. The molecule has 4 aromatic rings. The third kappa shape index (κ3) is 2.42. The predicted molar refractivity (Wildman–Crippen MR) is 117 cm³/mol. The zero-order chi connectivity index (χ0) is 17.8. The van der Waals surface area contributed by atoms with Gasteiger partial charge in [-0.1, -0.05) is 0 Å². The number of nitrogens with zero attached hydrogens (tertiary/aromatic N) is 1. The van der Waals surface area contributed by atoms with Crippen molar-refractivity contribution in [3.05, 3.63) is 85.1 Å². The zero-order valence-electron chi connectivity index (χ0n) is 14.4. The molecule has 0 unspecified atom stereocenters. The monoisotopic (exact) mass is 475 g/mol. The quantitative estimate of drug-likeness (QED) is 0.286. The van der Waals surface area contributed by atoms with Gasteiger partial charge in [0.15, 0.2) is 0 Å². The molecule has 6 rings (SSSR count). The molecule has 3 heterocycles. The standard InChI is InChI=1S/C23H14BNSe2/c1-3-10-19-16(7-1)24-17-8-2-4-11-20(17)27-23-15(18-9-5-6-14-25-18)12-13-21(26-19)22(23)24/h1-14H. The summed E-state index contributed by atoms with van der Waals surface area (Å²) >= 11 is 0.690. The first-order valence-corrected chi connectivity index (χ1v) is 12.4. The molecule has 1 aromatic heterocycles. The average molecular weight is 473 g/mol. The fourth-order valence-electron chi connectivity index (χ4n) is 4.11. The third-order valence-corrected chi connectivity index (χ3v) is 10.3. The molecule has 4 heteroatoms. The Balaban J connectivity index is 1.68. The van der Waals surface area contributed by atoms with Crippen LogP contribution in [0.2, 0.25) is 0 Å². The summed E-state index contributed by atoms with van der Waals surface area (Å²) in [6.45, 7) is 0.373. The number of hydrogen-bond acceptors (Lipinski definition) is 1. The summed E-state index contributed by atoms with van der Waals surface area (Å²) in [7, 11) is 0. The van der Waals surface area contributed by atoms with Gasteiger partial charge >= 0.3 is 172 Å². The molecule has 0 amide bonds. The van der Waals surface area contributed by atoms with E-state index in [1.54, 1.807) is 14.4 Å². The molecule has 2 aliphatic heterocycles. The summed E-state index contributed by atoms with van der Waals surface area (Å²) in [6, 6.07) is 29.0. The molecule has 1 nitrogen and oxygen atoms in total. The number of hydrogen-bond donors (Lipinski definition) is 0. The molecular weight excluding hydrogens is 459 g/mol. The molecule has 0 saturated carbocycles. The summed E-state index contributed by atoms with van der Waals surface area (Å²) in [5.41, 5.74) is 7.01. The van der Waals surface area contributed by atoms with Crippen molar-refractivity contribution in [1.82, 2.24) is 4.98 Å². The molecule has 0 fully saturated rings. The van der Waals surface area contributed by atoms with Gasteiger partial charge in [-0.15, -0.1) is 0 Å². The van der Waals surface area contributed by atoms with Crippen molar-refractivity contribution >= 4 is 70.9 Å². The van der Waals surface area contributed by atoms with Crippen molar-refractivity contribution in [1.29, 1.82) is 0 Å². The van der Waals surface area contributed by atoms with E-state index < -0.39 is 0 Å². The molecule has 126 valence electrons. The van der Waals surface area contributed by atoms with Crippen LogP contribution in [0.3, 0.4) is 0 Å². The Kier molecular flexibility index (Phi) is 3.67. The topological polar surface area (TPSA) is 12.9 Å². The Morgan fingerprint density at radius 3 is 2.07 bits per heavy atom. The van der Waals surface area contributed by atoms with Crippen molar-refractivity contribution in [2.75, 3.05) is 0 Å². The number of aromatic nitrogens is 1. The summed E-state index contributed by atoms with van der Waals surface area (Å²) in [6.07, 6.45) is 1.90. The summed E-state index contributed by atoms with van der Waals surface area (Å²) in [5.74, 6) is 0. The van der Waals surface area contributed by atoms with Crippen molar-refractivity contribution in [3.63, 3.8) is 0 Å². The van der Waals surface area contributed by atoms with E-state index in [4.69, 9.17) is 0 Å². The Bertz CT molecular complexity index is 1180. The molecule has 2 aliphatic rings. The Hall–Kier alpha value is -2.09. The van der Waals surface area contributed by atoms with Gasteiger partial charge in [0.25, 0.3) is 0 Å². The van der Waals surface area contributed by atoms with Gasteiger partial charge in [0.1, 0.15) is 0 Å². The normalized spacial score (nSPS) is 13.6.